The summed E-state index contributed by atoms with van der Waals surface area (Å²) in [6.07, 6.45) is 3.38. The van der Waals surface area contributed by atoms with E-state index in [4.69, 9.17) is 23.2 Å². The quantitative estimate of drug-likeness (QED) is 0.778. The van der Waals surface area contributed by atoms with Crippen molar-refractivity contribution in [3.05, 3.63) is 51.7 Å². The molecule has 3 rings (SSSR count). The second kappa shape index (κ2) is 4.85. The van der Waals surface area contributed by atoms with Gasteiger partial charge in [-0.15, -0.1) is 11.3 Å². The van der Waals surface area contributed by atoms with Gasteiger partial charge in [-0.05, 0) is 18.2 Å². The molecule has 96 valence electrons. The van der Waals surface area contributed by atoms with Gasteiger partial charge >= 0.3 is 0 Å². The van der Waals surface area contributed by atoms with Crippen molar-refractivity contribution in [1.82, 2.24) is 9.38 Å². The molecule has 0 atom stereocenters. The molecular weight excluding hydrogens is 305 g/mol. The predicted octanol–water partition coefficient (Wildman–Crippen LogP) is 3.95. The number of benzene rings is 1. The first-order chi connectivity index (χ1) is 9.15. The molecule has 0 fully saturated rings. The fourth-order valence-corrected chi connectivity index (χ4v) is 2.84. The highest BCUT2D eigenvalue weighted by atomic mass is 35.5. The van der Waals surface area contributed by atoms with Crippen LogP contribution in [0.1, 0.15) is 10.5 Å². The number of aromatic nitrogens is 2. The van der Waals surface area contributed by atoms with Gasteiger partial charge < -0.3 is 5.32 Å². The van der Waals surface area contributed by atoms with Crippen LogP contribution in [0.5, 0.6) is 0 Å². The van der Waals surface area contributed by atoms with Crippen molar-refractivity contribution in [3.63, 3.8) is 0 Å². The number of rotatable bonds is 2. The van der Waals surface area contributed by atoms with Crippen molar-refractivity contribution in [2.24, 2.45) is 0 Å². The predicted molar refractivity (Wildman–Crippen MR) is 77.5 cm³/mol. The van der Waals surface area contributed by atoms with Gasteiger partial charge in [0.15, 0.2) is 4.96 Å². The maximum absolute atomic E-state index is 12.2. The molecule has 0 aliphatic heterocycles. The summed E-state index contributed by atoms with van der Waals surface area (Å²) in [6.45, 7) is 0. The lowest BCUT2D eigenvalue weighted by atomic mass is 10.3. The number of nitrogens with zero attached hydrogens (tertiary/aromatic N) is 2. The van der Waals surface area contributed by atoms with E-state index in [0.29, 0.717) is 21.4 Å². The smallest absolute Gasteiger partial charge is 0.273 e. The third-order valence-corrected chi connectivity index (χ3v) is 3.97. The molecule has 0 saturated heterocycles. The van der Waals surface area contributed by atoms with Crippen molar-refractivity contribution in [2.45, 2.75) is 0 Å². The van der Waals surface area contributed by atoms with Gasteiger partial charge in [0, 0.05) is 22.8 Å². The molecule has 0 radical (unpaired) electrons. The summed E-state index contributed by atoms with van der Waals surface area (Å²) in [4.78, 5) is 17.1. The number of halogens is 2. The standard InChI is InChI=1S/C12H7Cl2N3OS/c13-7-1-2-8(14)9(5-7)16-11(18)10-6-19-12-15-3-4-17(10)12/h1-6H,(H,16,18). The van der Waals surface area contributed by atoms with E-state index in [2.05, 4.69) is 10.3 Å². The van der Waals surface area contributed by atoms with E-state index in [1.54, 1.807) is 40.4 Å². The van der Waals surface area contributed by atoms with Crippen LogP contribution in [0.3, 0.4) is 0 Å². The minimum absolute atomic E-state index is 0.256. The molecule has 2 heterocycles. The van der Waals surface area contributed by atoms with Crippen LogP contribution >= 0.6 is 34.5 Å². The molecule has 19 heavy (non-hydrogen) atoms. The number of carbonyl (C=O) groups excluding carboxylic acids is 1. The first-order valence-electron chi connectivity index (χ1n) is 5.32. The highest BCUT2D eigenvalue weighted by Crippen LogP contribution is 2.26. The minimum atomic E-state index is -0.256. The zero-order valence-corrected chi connectivity index (χ0v) is 11.8. The maximum atomic E-state index is 12.2. The molecule has 0 saturated carbocycles. The average Bonchev–Trinajstić information content (AvgIpc) is 2.95. The summed E-state index contributed by atoms with van der Waals surface area (Å²) in [5.41, 5.74) is 0.993. The Kier molecular flexibility index (Phi) is 3.18. The zero-order valence-electron chi connectivity index (χ0n) is 9.43. The number of hydrogen-bond donors (Lipinski definition) is 1. The van der Waals surface area contributed by atoms with Crippen LogP contribution in [-0.4, -0.2) is 15.3 Å². The van der Waals surface area contributed by atoms with Crippen LogP contribution in [0.25, 0.3) is 4.96 Å². The highest BCUT2D eigenvalue weighted by Gasteiger charge is 2.14. The Balaban J connectivity index is 1.93. The number of nitrogens with one attached hydrogen (secondary N) is 1. The fourth-order valence-electron chi connectivity index (χ4n) is 1.67. The van der Waals surface area contributed by atoms with E-state index in [0.717, 1.165) is 4.96 Å². The number of imidazole rings is 1. The Morgan fingerprint density at radius 3 is 3.05 bits per heavy atom. The van der Waals surface area contributed by atoms with Crippen LogP contribution in [0, 0.1) is 0 Å². The molecule has 1 amide bonds. The van der Waals surface area contributed by atoms with E-state index in [1.807, 2.05) is 0 Å². The molecule has 0 aliphatic rings. The lowest BCUT2D eigenvalue weighted by molar-refractivity contribution is 0.102. The van der Waals surface area contributed by atoms with Gasteiger partial charge in [-0.25, -0.2) is 4.98 Å². The monoisotopic (exact) mass is 311 g/mol. The van der Waals surface area contributed by atoms with Crippen molar-refractivity contribution in [2.75, 3.05) is 5.32 Å². The van der Waals surface area contributed by atoms with E-state index < -0.39 is 0 Å². The summed E-state index contributed by atoms with van der Waals surface area (Å²) in [7, 11) is 0. The Morgan fingerprint density at radius 1 is 1.37 bits per heavy atom. The van der Waals surface area contributed by atoms with Crippen LogP contribution in [-0.2, 0) is 0 Å². The number of fused-ring (bicyclic) bond motifs is 1. The molecule has 3 aromatic rings. The third-order valence-electron chi connectivity index (χ3n) is 2.55. The van der Waals surface area contributed by atoms with Gasteiger partial charge in [0.25, 0.3) is 5.91 Å². The maximum Gasteiger partial charge on any atom is 0.273 e. The van der Waals surface area contributed by atoms with Gasteiger partial charge in [0.1, 0.15) is 5.69 Å². The van der Waals surface area contributed by atoms with Crippen LogP contribution in [0.15, 0.2) is 36.0 Å². The van der Waals surface area contributed by atoms with Crippen LogP contribution < -0.4 is 5.32 Å². The van der Waals surface area contributed by atoms with Crippen LogP contribution in [0.4, 0.5) is 5.69 Å². The van der Waals surface area contributed by atoms with Crippen molar-refractivity contribution >= 4 is 51.1 Å². The Bertz CT molecular complexity index is 765. The Labute approximate surface area is 122 Å². The van der Waals surface area contributed by atoms with E-state index >= 15 is 0 Å². The van der Waals surface area contributed by atoms with Crippen LogP contribution in [0.2, 0.25) is 10.0 Å². The number of anilines is 1. The molecule has 0 bridgehead atoms. The summed E-state index contributed by atoms with van der Waals surface area (Å²) in [5, 5.41) is 5.44. The van der Waals surface area contributed by atoms with Crippen molar-refractivity contribution in [1.29, 1.82) is 0 Å². The van der Waals surface area contributed by atoms with Gasteiger partial charge in [0.05, 0.1) is 10.7 Å². The molecule has 0 aliphatic carbocycles. The second-order valence-electron chi connectivity index (χ2n) is 3.78. The lowest BCUT2D eigenvalue weighted by Crippen LogP contribution is -2.14. The zero-order chi connectivity index (χ0) is 13.4. The molecule has 2 aromatic heterocycles. The van der Waals surface area contributed by atoms with E-state index in [9.17, 15) is 4.79 Å². The number of hydrogen-bond acceptors (Lipinski definition) is 3. The van der Waals surface area contributed by atoms with E-state index in [1.165, 1.54) is 11.3 Å². The topological polar surface area (TPSA) is 46.4 Å². The minimum Gasteiger partial charge on any atom is -0.319 e. The van der Waals surface area contributed by atoms with Crippen molar-refractivity contribution < 1.29 is 4.79 Å². The Morgan fingerprint density at radius 2 is 2.21 bits per heavy atom. The SMILES string of the molecule is O=C(Nc1cc(Cl)ccc1Cl)c1csc2nccn12. The van der Waals surface area contributed by atoms with Gasteiger partial charge in [0.2, 0.25) is 0 Å². The molecule has 1 N–H and O–H groups in total. The molecule has 1 aromatic carbocycles. The molecule has 0 spiro atoms. The first-order valence-corrected chi connectivity index (χ1v) is 6.95. The number of amides is 1. The third kappa shape index (κ3) is 2.32. The lowest BCUT2D eigenvalue weighted by Gasteiger charge is -2.06. The largest absolute Gasteiger partial charge is 0.319 e. The van der Waals surface area contributed by atoms with Gasteiger partial charge in [-0.3, -0.25) is 9.20 Å². The fraction of sp³-hybridized carbons (Fsp3) is 0. The second-order valence-corrected chi connectivity index (χ2v) is 5.46. The summed E-state index contributed by atoms with van der Waals surface area (Å²) < 4.78 is 1.72. The normalized spacial score (nSPS) is 10.8. The highest BCUT2D eigenvalue weighted by molar-refractivity contribution is 7.15. The summed E-state index contributed by atoms with van der Waals surface area (Å²) in [6, 6.07) is 4.91. The average molecular weight is 312 g/mol. The first kappa shape index (κ1) is 12.5. The van der Waals surface area contributed by atoms with E-state index in [-0.39, 0.29) is 5.91 Å². The molecule has 7 heteroatoms. The Hall–Kier alpha value is -1.56. The number of thiazole rings is 1. The van der Waals surface area contributed by atoms with Gasteiger partial charge in [-0.2, -0.15) is 0 Å². The van der Waals surface area contributed by atoms with Crippen molar-refractivity contribution in [3.8, 4) is 0 Å². The molecular formula is C12H7Cl2N3OS. The summed E-state index contributed by atoms with van der Waals surface area (Å²) in [5.74, 6) is -0.256. The van der Waals surface area contributed by atoms with Gasteiger partial charge in [-0.1, -0.05) is 23.2 Å². The number of carbonyl (C=O) groups is 1. The molecule has 4 nitrogen and oxygen atoms in total. The summed E-state index contributed by atoms with van der Waals surface area (Å²) >= 11 is 13.3. The molecule has 0 unspecified atom stereocenters.